The molecule has 2 nitrogen and oxygen atoms in total. The second kappa shape index (κ2) is 8.00. The molecule has 2 aromatic heterocycles. The summed E-state index contributed by atoms with van der Waals surface area (Å²) < 4.78 is 4.74. The lowest BCUT2D eigenvalue weighted by Crippen LogP contribution is -3.00. The monoisotopic (exact) mass is 442 g/mol. The quantitative estimate of drug-likeness (QED) is 0.329. The number of nitrogens with zero attached hydrogens (tertiary/aromatic N) is 2. The highest BCUT2D eigenvalue weighted by atomic mass is 127. The van der Waals surface area contributed by atoms with E-state index in [1.165, 1.54) is 27.4 Å². The van der Waals surface area contributed by atoms with E-state index in [-0.39, 0.29) is 24.0 Å². The number of hydrogen-bond acceptors (Lipinski definition) is 0. The molecule has 0 fully saturated rings. The maximum absolute atomic E-state index is 2.49. The third-order valence-electron chi connectivity index (χ3n) is 4.83. The number of aromatic nitrogens is 2. The zero-order valence-corrected chi connectivity index (χ0v) is 16.7. The first-order valence-electron chi connectivity index (χ1n) is 8.81. The van der Waals surface area contributed by atoms with Crippen molar-refractivity contribution in [3.05, 3.63) is 78.6 Å². The maximum atomic E-state index is 2.49. The highest BCUT2D eigenvalue weighted by molar-refractivity contribution is 6.07. The molecule has 0 amide bonds. The Morgan fingerprint density at radius 3 is 2.36 bits per heavy atom. The minimum atomic E-state index is 0. The summed E-state index contributed by atoms with van der Waals surface area (Å²) in [6.07, 6.45) is 6.75. The minimum absolute atomic E-state index is 0. The first kappa shape index (κ1) is 17.9. The molecule has 0 atom stereocenters. The van der Waals surface area contributed by atoms with Gasteiger partial charge >= 0.3 is 0 Å². The van der Waals surface area contributed by atoms with Crippen molar-refractivity contribution in [1.82, 2.24) is 4.57 Å². The van der Waals surface area contributed by atoms with E-state index in [0.29, 0.717) is 0 Å². The number of benzene rings is 2. The van der Waals surface area contributed by atoms with Crippen LogP contribution in [0.4, 0.5) is 0 Å². The Kier molecular flexibility index (Phi) is 5.74. The first-order chi connectivity index (χ1) is 11.9. The van der Waals surface area contributed by atoms with Crippen molar-refractivity contribution in [2.24, 2.45) is 0 Å². The minimum Gasteiger partial charge on any atom is -1.00 e. The number of rotatable bonds is 5. The molecular weight excluding hydrogens is 419 g/mol. The largest absolute Gasteiger partial charge is 1.00 e. The predicted molar refractivity (Wildman–Crippen MR) is 100 cm³/mol. The molecule has 0 aliphatic heterocycles. The van der Waals surface area contributed by atoms with E-state index in [4.69, 9.17) is 0 Å². The van der Waals surface area contributed by atoms with Crippen LogP contribution in [0.5, 0.6) is 0 Å². The Hall–Kier alpha value is -1.88. The van der Waals surface area contributed by atoms with Crippen molar-refractivity contribution < 1.29 is 28.5 Å². The van der Waals surface area contributed by atoms with Crippen LogP contribution in [0.1, 0.15) is 18.9 Å². The van der Waals surface area contributed by atoms with Gasteiger partial charge in [0.05, 0.1) is 0 Å². The summed E-state index contributed by atoms with van der Waals surface area (Å²) in [5.74, 6) is 0. The molecular formula is C22H23IN2. The Bertz CT molecular complexity index is 973. The Morgan fingerprint density at radius 2 is 1.56 bits per heavy atom. The van der Waals surface area contributed by atoms with Crippen molar-refractivity contribution >= 4 is 21.8 Å². The molecule has 25 heavy (non-hydrogen) atoms. The number of halogens is 1. The van der Waals surface area contributed by atoms with Crippen LogP contribution < -0.4 is 28.5 Å². The van der Waals surface area contributed by atoms with Crippen LogP contribution in [-0.4, -0.2) is 4.57 Å². The SMILES string of the molecule is CC[n+]1ccc2c3ccccc3n(CCCc3ccccc3)c2c1.[I-]. The maximum Gasteiger partial charge on any atom is 0.193 e. The molecule has 0 unspecified atom stereocenters. The fourth-order valence-corrected chi connectivity index (χ4v) is 3.56. The van der Waals surface area contributed by atoms with Gasteiger partial charge in [0.25, 0.3) is 0 Å². The standard InChI is InChI=1S/C22H23N2.HI/c1-2-23-16-14-20-19-12-6-7-13-21(19)24(22(20)17-23)15-8-11-18-9-4-3-5-10-18;/h3-7,9-10,12-14,16-17H,2,8,11,15H2,1H3;1H/q+1;/p-1. The Labute approximate surface area is 166 Å². The molecule has 4 aromatic rings. The molecule has 0 aliphatic carbocycles. The lowest BCUT2D eigenvalue weighted by Gasteiger charge is -2.07. The highest BCUT2D eigenvalue weighted by Crippen LogP contribution is 2.28. The average Bonchev–Trinajstić information content (AvgIpc) is 2.96. The van der Waals surface area contributed by atoms with E-state index >= 15 is 0 Å². The fourth-order valence-electron chi connectivity index (χ4n) is 3.56. The summed E-state index contributed by atoms with van der Waals surface area (Å²) in [7, 11) is 0. The number of aryl methyl sites for hydroxylation is 3. The molecule has 0 saturated carbocycles. The van der Waals surface area contributed by atoms with E-state index < -0.39 is 0 Å². The summed E-state index contributed by atoms with van der Waals surface area (Å²) in [6.45, 7) is 4.24. The van der Waals surface area contributed by atoms with Gasteiger partial charge in [-0.25, -0.2) is 4.57 Å². The number of pyridine rings is 1. The van der Waals surface area contributed by atoms with Gasteiger partial charge in [-0.3, -0.25) is 0 Å². The summed E-state index contributed by atoms with van der Waals surface area (Å²) in [6, 6.07) is 21.8. The zero-order chi connectivity index (χ0) is 16.4. The summed E-state index contributed by atoms with van der Waals surface area (Å²) >= 11 is 0. The molecule has 0 radical (unpaired) electrons. The molecule has 0 bridgehead atoms. The number of fused-ring (bicyclic) bond motifs is 3. The van der Waals surface area contributed by atoms with Crippen LogP contribution in [-0.2, 0) is 19.5 Å². The van der Waals surface area contributed by atoms with Crippen molar-refractivity contribution in [1.29, 1.82) is 0 Å². The van der Waals surface area contributed by atoms with Crippen molar-refractivity contribution in [2.75, 3.05) is 0 Å². The van der Waals surface area contributed by atoms with E-state index in [1.807, 2.05) is 0 Å². The highest BCUT2D eigenvalue weighted by Gasteiger charge is 2.13. The normalized spacial score (nSPS) is 10.9. The van der Waals surface area contributed by atoms with E-state index in [1.54, 1.807) is 0 Å². The van der Waals surface area contributed by atoms with Gasteiger partial charge in [-0.05, 0) is 31.4 Å². The lowest BCUT2D eigenvalue weighted by molar-refractivity contribution is -0.692. The van der Waals surface area contributed by atoms with Crippen LogP contribution in [0.15, 0.2) is 73.1 Å². The van der Waals surface area contributed by atoms with Crippen molar-refractivity contribution in [3.63, 3.8) is 0 Å². The molecule has 3 heteroatoms. The van der Waals surface area contributed by atoms with Crippen LogP contribution in [0.2, 0.25) is 0 Å². The lowest BCUT2D eigenvalue weighted by atomic mass is 10.1. The van der Waals surface area contributed by atoms with E-state index in [0.717, 1.165) is 25.9 Å². The summed E-state index contributed by atoms with van der Waals surface area (Å²) in [5, 5.41) is 2.71. The first-order valence-corrected chi connectivity index (χ1v) is 8.81. The van der Waals surface area contributed by atoms with Gasteiger partial charge in [0.1, 0.15) is 12.1 Å². The van der Waals surface area contributed by atoms with Crippen LogP contribution in [0, 0.1) is 0 Å². The Balaban J connectivity index is 0.00000182. The summed E-state index contributed by atoms with van der Waals surface area (Å²) in [4.78, 5) is 0. The van der Waals surface area contributed by atoms with Gasteiger partial charge in [0, 0.05) is 28.9 Å². The van der Waals surface area contributed by atoms with Gasteiger partial charge in [0.2, 0.25) is 0 Å². The second-order valence-electron chi connectivity index (χ2n) is 6.33. The van der Waals surface area contributed by atoms with E-state index in [2.05, 4.69) is 89.1 Å². The summed E-state index contributed by atoms with van der Waals surface area (Å²) in [5.41, 5.74) is 4.10. The Morgan fingerprint density at radius 1 is 0.840 bits per heavy atom. The molecule has 0 aliphatic rings. The second-order valence-corrected chi connectivity index (χ2v) is 6.33. The van der Waals surface area contributed by atoms with Gasteiger partial charge in [-0.2, -0.15) is 0 Å². The smallest absolute Gasteiger partial charge is 0.193 e. The molecule has 2 aromatic carbocycles. The third kappa shape index (κ3) is 3.56. The zero-order valence-electron chi connectivity index (χ0n) is 14.5. The predicted octanol–water partition coefficient (Wildman–Crippen LogP) is 1.74. The van der Waals surface area contributed by atoms with E-state index in [9.17, 15) is 0 Å². The molecule has 4 rings (SSSR count). The average molecular weight is 442 g/mol. The van der Waals surface area contributed by atoms with Gasteiger partial charge in [0.15, 0.2) is 12.4 Å². The van der Waals surface area contributed by atoms with Crippen LogP contribution in [0.3, 0.4) is 0 Å². The fraction of sp³-hybridized carbons (Fsp3) is 0.227. The van der Waals surface area contributed by atoms with Crippen LogP contribution >= 0.6 is 0 Å². The number of hydrogen-bond donors (Lipinski definition) is 0. The van der Waals surface area contributed by atoms with Crippen molar-refractivity contribution in [2.45, 2.75) is 32.9 Å². The molecule has 0 N–H and O–H groups in total. The van der Waals surface area contributed by atoms with Crippen LogP contribution in [0.25, 0.3) is 21.8 Å². The van der Waals surface area contributed by atoms with Gasteiger partial charge < -0.3 is 28.5 Å². The molecule has 0 saturated heterocycles. The molecule has 2 heterocycles. The molecule has 0 spiro atoms. The number of para-hydroxylation sites is 1. The third-order valence-corrected chi connectivity index (χ3v) is 4.83. The van der Waals surface area contributed by atoms with Crippen molar-refractivity contribution in [3.8, 4) is 0 Å². The van der Waals surface area contributed by atoms with Gasteiger partial charge in [-0.15, -0.1) is 0 Å². The topological polar surface area (TPSA) is 8.81 Å². The van der Waals surface area contributed by atoms with Gasteiger partial charge in [-0.1, -0.05) is 48.5 Å². The molecule has 128 valence electrons.